The Labute approximate surface area is 107 Å². The summed E-state index contributed by atoms with van der Waals surface area (Å²) in [5.41, 5.74) is 0. The lowest BCUT2D eigenvalue weighted by atomic mass is 10.1. The molecule has 1 heterocycles. The number of imide groups is 1. The lowest BCUT2D eigenvalue weighted by molar-refractivity contribution is -0.983. The number of hydrogen-bond donors (Lipinski definition) is 1. The molecule has 0 aromatic carbocycles. The fourth-order valence-electron chi connectivity index (χ4n) is 1.74. The van der Waals surface area contributed by atoms with Crippen LogP contribution < -0.4 is 0 Å². The van der Waals surface area contributed by atoms with Gasteiger partial charge in [0, 0.05) is 12.8 Å². The molecular formula is C9H10Cl2NO5+. The van der Waals surface area contributed by atoms with E-state index in [1.807, 2.05) is 0 Å². The van der Waals surface area contributed by atoms with Crippen LogP contribution in [0.5, 0.6) is 0 Å². The molecule has 1 unspecified atom stereocenters. The van der Waals surface area contributed by atoms with Crippen molar-refractivity contribution in [3.8, 4) is 0 Å². The first-order valence-electron chi connectivity index (χ1n) is 4.86. The van der Waals surface area contributed by atoms with E-state index in [2.05, 4.69) is 0 Å². The SMILES string of the molecule is O=C(Cl)CCC(C(=O)Cl)[N+]1(O)C(=O)CCC1=O. The Morgan fingerprint density at radius 2 is 1.71 bits per heavy atom. The van der Waals surface area contributed by atoms with E-state index in [0.717, 1.165) is 0 Å². The van der Waals surface area contributed by atoms with Crippen molar-refractivity contribution >= 4 is 45.5 Å². The van der Waals surface area contributed by atoms with Crippen molar-refractivity contribution in [2.75, 3.05) is 0 Å². The highest BCUT2D eigenvalue weighted by Crippen LogP contribution is 2.28. The van der Waals surface area contributed by atoms with Gasteiger partial charge in [-0.25, -0.2) is 14.8 Å². The maximum absolute atomic E-state index is 11.5. The van der Waals surface area contributed by atoms with Gasteiger partial charge in [-0.1, -0.05) is 0 Å². The van der Waals surface area contributed by atoms with Gasteiger partial charge in [-0.15, -0.1) is 0 Å². The van der Waals surface area contributed by atoms with Gasteiger partial charge in [-0.2, -0.15) is 0 Å². The van der Waals surface area contributed by atoms with Gasteiger partial charge in [-0.3, -0.25) is 9.59 Å². The molecule has 0 aromatic rings. The minimum Gasteiger partial charge on any atom is -0.281 e. The molecule has 2 amide bonds. The Morgan fingerprint density at radius 3 is 2.06 bits per heavy atom. The molecule has 0 radical (unpaired) electrons. The lowest BCUT2D eigenvalue weighted by Gasteiger charge is -2.25. The maximum atomic E-state index is 11.5. The van der Waals surface area contributed by atoms with Gasteiger partial charge >= 0.3 is 11.8 Å². The molecule has 0 aromatic heterocycles. The Morgan fingerprint density at radius 1 is 1.24 bits per heavy atom. The van der Waals surface area contributed by atoms with Gasteiger partial charge in [-0.05, 0) is 27.8 Å². The summed E-state index contributed by atoms with van der Waals surface area (Å²) < 4.78 is -1.65. The first-order valence-corrected chi connectivity index (χ1v) is 5.61. The largest absolute Gasteiger partial charge is 0.354 e. The number of hydroxylamine groups is 3. The third-order valence-electron chi connectivity index (χ3n) is 2.64. The molecule has 1 fully saturated rings. The third kappa shape index (κ3) is 2.71. The Kier molecular flexibility index (Phi) is 4.37. The predicted molar refractivity (Wildman–Crippen MR) is 56.0 cm³/mol. The van der Waals surface area contributed by atoms with Gasteiger partial charge in [0.2, 0.25) is 11.3 Å². The van der Waals surface area contributed by atoms with E-state index in [0.29, 0.717) is 0 Å². The van der Waals surface area contributed by atoms with E-state index in [1.54, 1.807) is 0 Å². The topological polar surface area (TPSA) is 88.5 Å². The number of likely N-dealkylation sites (tertiary alicyclic amines) is 1. The molecule has 1 aliphatic rings. The van der Waals surface area contributed by atoms with E-state index in [4.69, 9.17) is 23.2 Å². The molecule has 1 N–H and O–H groups in total. The van der Waals surface area contributed by atoms with Crippen LogP contribution in [0.1, 0.15) is 25.7 Å². The molecular weight excluding hydrogens is 273 g/mol. The van der Waals surface area contributed by atoms with Crippen LogP contribution in [0.25, 0.3) is 0 Å². The average molecular weight is 283 g/mol. The van der Waals surface area contributed by atoms with Crippen molar-refractivity contribution < 1.29 is 29.0 Å². The predicted octanol–water partition coefficient (Wildman–Crippen LogP) is 0.719. The van der Waals surface area contributed by atoms with Crippen LogP contribution in [0, 0.1) is 0 Å². The fraction of sp³-hybridized carbons (Fsp3) is 0.556. The highest BCUT2D eigenvalue weighted by molar-refractivity contribution is 6.65. The van der Waals surface area contributed by atoms with Crippen LogP contribution in [0.2, 0.25) is 0 Å². The normalized spacial score (nSPS) is 20.4. The first kappa shape index (κ1) is 14.2. The number of rotatable bonds is 5. The molecule has 6 nitrogen and oxygen atoms in total. The minimum absolute atomic E-state index is 0.148. The number of hydrogen-bond acceptors (Lipinski definition) is 5. The summed E-state index contributed by atoms with van der Waals surface area (Å²) in [6, 6.07) is -1.47. The number of carbonyl (C=O) groups excluding carboxylic acids is 4. The maximum Gasteiger partial charge on any atom is 0.354 e. The number of nitrogens with zero attached hydrogens (tertiary/aromatic N) is 1. The molecule has 1 aliphatic heterocycles. The quantitative estimate of drug-likeness (QED) is 0.347. The summed E-state index contributed by atoms with van der Waals surface area (Å²) in [5, 5.41) is 8.17. The highest BCUT2D eigenvalue weighted by Gasteiger charge is 2.57. The van der Waals surface area contributed by atoms with Crippen molar-refractivity contribution in [2.45, 2.75) is 31.7 Å². The summed E-state index contributed by atoms with van der Waals surface area (Å²) in [4.78, 5) is 44.7. The standard InChI is InChI=1S/C9H10Cl2NO5/c10-6(13)2-1-5(9(11)16)12(17)7(14)3-4-8(12)15/h5,17H,1-4H2/q+1. The molecule has 0 bridgehead atoms. The van der Waals surface area contributed by atoms with Gasteiger partial charge in [0.25, 0.3) is 5.24 Å². The molecule has 8 heteroatoms. The third-order valence-corrected chi connectivity index (χ3v) is 3.08. The molecule has 17 heavy (non-hydrogen) atoms. The molecule has 1 atom stereocenters. The summed E-state index contributed by atoms with van der Waals surface area (Å²) in [5.74, 6) is -1.59. The van der Waals surface area contributed by atoms with E-state index in [1.165, 1.54) is 0 Å². The first-order chi connectivity index (χ1) is 7.80. The Bertz CT molecular complexity index is 379. The number of quaternary nitrogens is 1. The van der Waals surface area contributed by atoms with Crippen molar-refractivity contribution in [3.05, 3.63) is 0 Å². The second kappa shape index (κ2) is 5.22. The van der Waals surface area contributed by atoms with E-state index >= 15 is 0 Å². The molecule has 1 rings (SSSR count). The van der Waals surface area contributed by atoms with Gasteiger partial charge in [0.1, 0.15) is 0 Å². The van der Waals surface area contributed by atoms with Crippen molar-refractivity contribution in [1.29, 1.82) is 0 Å². The minimum atomic E-state index is -1.65. The zero-order valence-corrected chi connectivity index (χ0v) is 10.2. The number of amides is 2. The lowest BCUT2D eigenvalue weighted by Crippen LogP contribution is -2.59. The molecule has 0 aliphatic carbocycles. The van der Waals surface area contributed by atoms with Crippen LogP contribution in [0.3, 0.4) is 0 Å². The van der Waals surface area contributed by atoms with Gasteiger partial charge in [0.15, 0.2) is 0 Å². The second-order valence-corrected chi connectivity index (χ2v) is 4.48. The number of halogens is 2. The van der Waals surface area contributed by atoms with Gasteiger partial charge < -0.3 is 0 Å². The second-order valence-electron chi connectivity index (χ2n) is 3.69. The van der Waals surface area contributed by atoms with E-state index in [9.17, 15) is 24.4 Å². The molecule has 1 saturated heterocycles. The number of carbonyl (C=O) groups is 4. The van der Waals surface area contributed by atoms with Crippen LogP contribution >= 0.6 is 23.2 Å². The van der Waals surface area contributed by atoms with E-state index in [-0.39, 0.29) is 25.7 Å². The Hall–Kier alpha value is -0.820. The van der Waals surface area contributed by atoms with Crippen molar-refractivity contribution in [1.82, 2.24) is 0 Å². The summed E-state index contributed by atoms with van der Waals surface area (Å²) >= 11 is 10.4. The van der Waals surface area contributed by atoms with Crippen LogP contribution in [-0.4, -0.2) is 38.2 Å². The summed E-state index contributed by atoms with van der Waals surface area (Å²) in [7, 11) is 0. The molecule has 0 spiro atoms. The molecule has 94 valence electrons. The highest BCUT2D eigenvalue weighted by atomic mass is 35.5. The Balaban J connectivity index is 2.97. The zero-order chi connectivity index (χ0) is 13.2. The fourth-order valence-corrected chi connectivity index (χ4v) is 2.10. The van der Waals surface area contributed by atoms with Crippen molar-refractivity contribution in [3.63, 3.8) is 0 Å². The van der Waals surface area contributed by atoms with Crippen LogP contribution in [0.4, 0.5) is 0 Å². The van der Waals surface area contributed by atoms with Gasteiger partial charge in [0.05, 0.1) is 12.8 Å². The summed E-state index contributed by atoms with van der Waals surface area (Å²) in [6.45, 7) is 0. The average Bonchev–Trinajstić information content (AvgIpc) is 2.46. The van der Waals surface area contributed by atoms with Crippen LogP contribution in [-0.2, 0) is 19.2 Å². The smallest absolute Gasteiger partial charge is 0.281 e. The van der Waals surface area contributed by atoms with E-state index < -0.39 is 33.0 Å². The monoisotopic (exact) mass is 282 g/mol. The van der Waals surface area contributed by atoms with Crippen LogP contribution in [0.15, 0.2) is 0 Å². The molecule has 0 saturated carbocycles. The van der Waals surface area contributed by atoms with Crippen molar-refractivity contribution in [2.24, 2.45) is 0 Å². The zero-order valence-electron chi connectivity index (χ0n) is 8.69. The summed E-state index contributed by atoms with van der Waals surface area (Å²) in [6.07, 6.45) is -0.805.